The third-order valence-electron chi connectivity index (χ3n) is 6.80. The largest absolute Gasteiger partial charge is 0.368 e. The monoisotopic (exact) mass is 502 g/mol. The molecule has 0 aliphatic carbocycles. The Morgan fingerprint density at radius 1 is 1.06 bits per heavy atom. The molecule has 0 amide bonds. The Morgan fingerprint density at radius 3 is 2.58 bits per heavy atom. The van der Waals surface area contributed by atoms with Gasteiger partial charge in [0.15, 0.2) is 5.82 Å². The van der Waals surface area contributed by atoms with Crippen LogP contribution < -0.4 is 10.2 Å². The van der Waals surface area contributed by atoms with Crippen molar-refractivity contribution < 1.29 is 8.42 Å². The van der Waals surface area contributed by atoms with Crippen LogP contribution in [0, 0.1) is 5.92 Å². The van der Waals surface area contributed by atoms with Gasteiger partial charge >= 0.3 is 0 Å². The van der Waals surface area contributed by atoms with E-state index in [4.69, 9.17) is 4.98 Å². The van der Waals surface area contributed by atoms with Gasteiger partial charge in [-0.3, -0.25) is 4.98 Å². The SMILES string of the molecule is CC(C)c1ccc(N2C[C@@H](CS(C)(=O)=O)[C@@H]2C)c2cnc(Nc3ccnc(-c4cccnc4)n3)cc12. The molecule has 4 aromatic rings. The maximum Gasteiger partial charge on any atom is 0.163 e. The van der Waals surface area contributed by atoms with Gasteiger partial charge in [0.2, 0.25) is 0 Å². The molecular weight excluding hydrogens is 472 g/mol. The summed E-state index contributed by atoms with van der Waals surface area (Å²) in [6.07, 6.45) is 8.39. The molecular formula is C27H30N6O2S. The van der Waals surface area contributed by atoms with Crippen molar-refractivity contribution in [3.05, 3.63) is 66.7 Å². The molecule has 0 radical (unpaired) electrons. The Balaban J connectivity index is 1.46. The molecule has 0 saturated carbocycles. The molecule has 8 nitrogen and oxygen atoms in total. The van der Waals surface area contributed by atoms with Crippen LogP contribution in [-0.2, 0) is 9.84 Å². The number of hydrogen-bond acceptors (Lipinski definition) is 8. The van der Waals surface area contributed by atoms with Crippen molar-refractivity contribution in [3.63, 3.8) is 0 Å². The number of anilines is 3. The number of fused-ring (bicyclic) bond motifs is 1. The number of hydrogen-bond donors (Lipinski definition) is 1. The second-order valence-electron chi connectivity index (χ2n) is 9.82. The highest BCUT2D eigenvalue weighted by molar-refractivity contribution is 7.90. The summed E-state index contributed by atoms with van der Waals surface area (Å²) in [5, 5.41) is 5.52. The summed E-state index contributed by atoms with van der Waals surface area (Å²) in [6.45, 7) is 7.18. The Bertz CT molecular complexity index is 1510. The van der Waals surface area contributed by atoms with Crippen LogP contribution in [0.4, 0.5) is 17.3 Å². The van der Waals surface area contributed by atoms with Crippen LogP contribution >= 0.6 is 0 Å². The van der Waals surface area contributed by atoms with Crippen LogP contribution in [0.25, 0.3) is 22.2 Å². The fourth-order valence-corrected chi connectivity index (χ4v) is 6.01. The molecule has 1 aliphatic heterocycles. The lowest BCUT2D eigenvalue weighted by atomic mass is 9.88. The maximum atomic E-state index is 11.8. The molecule has 9 heteroatoms. The molecule has 0 spiro atoms. The highest BCUT2D eigenvalue weighted by Gasteiger charge is 2.38. The number of nitrogens with one attached hydrogen (secondary N) is 1. The van der Waals surface area contributed by atoms with Gasteiger partial charge in [0.05, 0.1) is 5.75 Å². The molecule has 0 unspecified atom stereocenters. The summed E-state index contributed by atoms with van der Waals surface area (Å²) < 4.78 is 23.6. The molecule has 3 aromatic heterocycles. The van der Waals surface area contributed by atoms with Crippen LogP contribution in [0.1, 0.15) is 32.3 Å². The molecule has 1 fully saturated rings. The van der Waals surface area contributed by atoms with Gasteiger partial charge in [-0.2, -0.15) is 0 Å². The quantitative estimate of drug-likeness (QED) is 0.384. The first-order valence-electron chi connectivity index (χ1n) is 12.1. The van der Waals surface area contributed by atoms with Gasteiger partial charge in [-0.15, -0.1) is 0 Å². The second kappa shape index (κ2) is 9.46. The minimum absolute atomic E-state index is 0.139. The number of nitrogens with zero attached hydrogens (tertiary/aromatic N) is 5. The van der Waals surface area contributed by atoms with E-state index >= 15 is 0 Å². The molecule has 0 bridgehead atoms. The number of aromatic nitrogens is 4. The number of benzene rings is 1. The van der Waals surface area contributed by atoms with E-state index in [0.717, 1.165) is 28.6 Å². The Morgan fingerprint density at radius 2 is 1.89 bits per heavy atom. The van der Waals surface area contributed by atoms with Crippen molar-refractivity contribution in [1.82, 2.24) is 19.9 Å². The summed E-state index contributed by atoms with van der Waals surface area (Å²) in [5.74, 6) is 2.63. The standard InChI is InChI=1S/C27H30N6O2S/c1-17(2)21-7-8-24(33-15-20(18(33)3)16-36(4,34)35)23-14-30-26(12-22(21)23)31-25-9-11-29-27(32-25)19-6-5-10-28-13-19/h5-14,17-18,20H,15-16H2,1-4H3,(H,29,30,31,32)/t18-,20-/m0/s1. The number of sulfone groups is 1. The summed E-state index contributed by atoms with van der Waals surface area (Å²) in [4.78, 5) is 20.1. The zero-order valence-corrected chi connectivity index (χ0v) is 21.7. The van der Waals surface area contributed by atoms with E-state index in [0.29, 0.717) is 23.4 Å². The van der Waals surface area contributed by atoms with Gasteiger partial charge in [-0.05, 0) is 54.1 Å². The molecule has 1 N–H and O–H groups in total. The van der Waals surface area contributed by atoms with E-state index in [1.807, 2.05) is 24.4 Å². The molecule has 5 rings (SSSR count). The zero-order chi connectivity index (χ0) is 25.4. The highest BCUT2D eigenvalue weighted by Crippen LogP contribution is 2.39. The summed E-state index contributed by atoms with van der Waals surface area (Å²) in [6, 6.07) is 12.1. The van der Waals surface area contributed by atoms with Gasteiger partial charge in [0, 0.05) is 66.2 Å². The van der Waals surface area contributed by atoms with Crippen LogP contribution in [0.2, 0.25) is 0 Å². The van der Waals surface area contributed by atoms with Crippen molar-refractivity contribution in [3.8, 4) is 11.4 Å². The van der Waals surface area contributed by atoms with E-state index in [1.165, 1.54) is 11.8 Å². The zero-order valence-electron chi connectivity index (χ0n) is 20.9. The third-order valence-corrected chi connectivity index (χ3v) is 7.83. The van der Waals surface area contributed by atoms with E-state index in [1.54, 1.807) is 18.6 Å². The first-order valence-corrected chi connectivity index (χ1v) is 14.1. The molecule has 4 heterocycles. The fraction of sp³-hybridized carbons (Fsp3) is 0.333. The fourth-order valence-electron chi connectivity index (χ4n) is 4.85. The Hall–Kier alpha value is -3.59. The van der Waals surface area contributed by atoms with Gasteiger partial charge in [0.1, 0.15) is 21.5 Å². The molecule has 1 aromatic carbocycles. The molecule has 36 heavy (non-hydrogen) atoms. The van der Waals surface area contributed by atoms with Gasteiger partial charge in [-0.1, -0.05) is 19.9 Å². The van der Waals surface area contributed by atoms with E-state index < -0.39 is 9.84 Å². The highest BCUT2D eigenvalue weighted by atomic mass is 32.2. The van der Waals surface area contributed by atoms with Crippen molar-refractivity contribution in [2.45, 2.75) is 32.7 Å². The van der Waals surface area contributed by atoms with Crippen LogP contribution in [0.15, 0.2) is 61.2 Å². The molecule has 186 valence electrons. The summed E-state index contributed by atoms with van der Waals surface area (Å²) >= 11 is 0. The van der Waals surface area contributed by atoms with E-state index in [9.17, 15) is 8.42 Å². The minimum Gasteiger partial charge on any atom is -0.368 e. The smallest absolute Gasteiger partial charge is 0.163 e. The van der Waals surface area contributed by atoms with Crippen LogP contribution in [-0.4, -0.2) is 52.9 Å². The van der Waals surface area contributed by atoms with Gasteiger partial charge in [-0.25, -0.2) is 23.4 Å². The van der Waals surface area contributed by atoms with Gasteiger partial charge in [0.25, 0.3) is 0 Å². The summed E-state index contributed by atoms with van der Waals surface area (Å²) in [7, 11) is -3.00. The van der Waals surface area contributed by atoms with Crippen molar-refractivity contribution in [2.75, 3.05) is 28.8 Å². The lowest BCUT2D eigenvalue weighted by Crippen LogP contribution is -2.57. The molecule has 1 saturated heterocycles. The van der Waals surface area contributed by atoms with Crippen molar-refractivity contribution in [2.24, 2.45) is 5.92 Å². The second-order valence-corrected chi connectivity index (χ2v) is 12.0. The number of pyridine rings is 2. The number of rotatable bonds is 7. The van der Waals surface area contributed by atoms with Gasteiger partial charge < -0.3 is 10.2 Å². The minimum atomic E-state index is -3.00. The van der Waals surface area contributed by atoms with E-state index in [2.05, 4.69) is 64.1 Å². The first kappa shape index (κ1) is 24.1. The lowest BCUT2D eigenvalue weighted by molar-refractivity contribution is 0.342. The van der Waals surface area contributed by atoms with Crippen molar-refractivity contribution in [1.29, 1.82) is 0 Å². The lowest BCUT2D eigenvalue weighted by Gasteiger charge is -2.48. The maximum absolute atomic E-state index is 11.8. The predicted molar refractivity (Wildman–Crippen MR) is 144 cm³/mol. The first-order chi connectivity index (χ1) is 17.2. The average Bonchev–Trinajstić information content (AvgIpc) is 2.85. The normalized spacial score (nSPS) is 17.9. The van der Waals surface area contributed by atoms with Crippen LogP contribution in [0.3, 0.4) is 0 Å². The van der Waals surface area contributed by atoms with Crippen LogP contribution in [0.5, 0.6) is 0 Å². The van der Waals surface area contributed by atoms with E-state index in [-0.39, 0.29) is 17.7 Å². The Kier molecular flexibility index (Phi) is 6.34. The topological polar surface area (TPSA) is 101 Å². The average molecular weight is 503 g/mol. The third kappa shape index (κ3) is 4.88. The predicted octanol–water partition coefficient (Wildman–Crippen LogP) is 4.82. The molecule has 1 aliphatic rings. The summed E-state index contributed by atoms with van der Waals surface area (Å²) in [5.41, 5.74) is 3.17. The van der Waals surface area contributed by atoms with Crippen molar-refractivity contribution >= 4 is 37.9 Å². The molecule has 2 atom stereocenters. The Labute approximate surface area is 211 Å².